The first-order chi connectivity index (χ1) is 12.7. The van der Waals surface area contributed by atoms with E-state index in [1.807, 2.05) is 60.7 Å². The number of nitrogens with zero attached hydrogens (tertiary/aromatic N) is 3. The van der Waals surface area contributed by atoms with E-state index >= 15 is 0 Å². The van der Waals surface area contributed by atoms with Gasteiger partial charge in [0.05, 0.1) is 11.2 Å². The summed E-state index contributed by atoms with van der Waals surface area (Å²) in [6.07, 6.45) is 0. The van der Waals surface area contributed by atoms with Crippen molar-refractivity contribution in [2.24, 2.45) is 10.2 Å². The normalized spacial score (nSPS) is 11.7. The number of aromatic amines is 1. The van der Waals surface area contributed by atoms with Crippen LogP contribution in [-0.4, -0.2) is 9.97 Å². The summed E-state index contributed by atoms with van der Waals surface area (Å²) in [7, 11) is 0. The first kappa shape index (κ1) is 16.1. The van der Waals surface area contributed by atoms with Crippen LogP contribution in [0.25, 0.3) is 11.0 Å². The van der Waals surface area contributed by atoms with Gasteiger partial charge in [0.2, 0.25) is 0 Å². The number of nitrogens with one attached hydrogen (secondary N) is 1. The molecule has 0 atom stereocenters. The molecule has 0 aliphatic heterocycles. The number of aromatic nitrogens is 2. The second-order valence-electron chi connectivity index (χ2n) is 6.09. The number of H-pyrrole nitrogens is 1. The molecule has 26 heavy (non-hydrogen) atoms. The third-order valence-electron chi connectivity index (χ3n) is 4.16. The van der Waals surface area contributed by atoms with Crippen LogP contribution < -0.4 is 0 Å². The molecule has 0 fully saturated rings. The van der Waals surface area contributed by atoms with Crippen molar-refractivity contribution < 1.29 is 4.39 Å². The van der Waals surface area contributed by atoms with Crippen LogP contribution in [0.5, 0.6) is 0 Å². The molecule has 1 aromatic heterocycles. The maximum Gasteiger partial charge on any atom is 0.153 e. The van der Waals surface area contributed by atoms with Crippen LogP contribution in [0.2, 0.25) is 0 Å². The second kappa shape index (κ2) is 6.88. The number of rotatable bonds is 4. The van der Waals surface area contributed by atoms with Gasteiger partial charge >= 0.3 is 0 Å². The zero-order chi connectivity index (χ0) is 17.9. The Morgan fingerprint density at radius 3 is 2.15 bits per heavy atom. The van der Waals surface area contributed by atoms with Crippen molar-refractivity contribution in [3.8, 4) is 0 Å². The first-order valence-electron chi connectivity index (χ1n) is 8.37. The van der Waals surface area contributed by atoms with Gasteiger partial charge in [0.1, 0.15) is 17.4 Å². The quantitative estimate of drug-likeness (QED) is 0.462. The van der Waals surface area contributed by atoms with Crippen LogP contribution in [0.15, 0.2) is 83.0 Å². The zero-order valence-corrected chi connectivity index (χ0v) is 14.2. The van der Waals surface area contributed by atoms with Gasteiger partial charge in [-0.15, -0.1) is 0 Å². The average molecular weight is 344 g/mol. The molecule has 0 aliphatic rings. The molecule has 4 nitrogen and oxygen atoms in total. The summed E-state index contributed by atoms with van der Waals surface area (Å²) in [5.74, 6) is 0.260. The number of halogens is 1. The zero-order valence-electron chi connectivity index (χ0n) is 14.2. The van der Waals surface area contributed by atoms with Crippen molar-refractivity contribution in [1.29, 1.82) is 0 Å². The van der Waals surface area contributed by atoms with Gasteiger partial charge in [-0.05, 0) is 24.1 Å². The molecule has 5 heteroatoms. The van der Waals surface area contributed by atoms with Crippen molar-refractivity contribution in [2.75, 3.05) is 0 Å². The van der Waals surface area contributed by atoms with Crippen LogP contribution in [0.3, 0.4) is 0 Å². The standard InChI is InChI=1S/C21H17FN4/c1-14-23-19-13-17(12-18(22)21(19)24-14)25-26-20(15-8-4-2-5-9-15)16-10-6-3-7-11-16/h2-13,20H,1H3,(H,23,24). The van der Waals surface area contributed by atoms with Crippen LogP contribution in [0.4, 0.5) is 10.1 Å². The average Bonchev–Trinajstić information content (AvgIpc) is 3.05. The Hall–Kier alpha value is -3.34. The Kier molecular flexibility index (Phi) is 4.27. The number of aryl methyl sites for hydroxylation is 1. The predicted octanol–water partition coefficient (Wildman–Crippen LogP) is 5.88. The number of imidazole rings is 1. The molecule has 0 amide bonds. The highest BCUT2D eigenvalue weighted by molar-refractivity contribution is 5.79. The first-order valence-corrected chi connectivity index (χ1v) is 8.37. The molecule has 0 aliphatic carbocycles. The van der Waals surface area contributed by atoms with Crippen molar-refractivity contribution in [1.82, 2.24) is 9.97 Å². The number of fused-ring (bicyclic) bond motifs is 1. The SMILES string of the molecule is Cc1nc2c(F)cc(N=NC(c3ccccc3)c3ccccc3)cc2[nH]1. The molecule has 3 aromatic carbocycles. The van der Waals surface area contributed by atoms with Crippen molar-refractivity contribution >= 4 is 16.7 Å². The van der Waals surface area contributed by atoms with Gasteiger partial charge in [-0.2, -0.15) is 10.2 Å². The molecular formula is C21H17FN4. The Morgan fingerprint density at radius 1 is 0.923 bits per heavy atom. The van der Waals surface area contributed by atoms with Gasteiger partial charge < -0.3 is 4.98 Å². The van der Waals surface area contributed by atoms with Crippen LogP contribution >= 0.6 is 0 Å². The summed E-state index contributed by atoms with van der Waals surface area (Å²) in [4.78, 5) is 7.18. The number of hydrogen-bond acceptors (Lipinski definition) is 3. The largest absolute Gasteiger partial charge is 0.342 e. The third kappa shape index (κ3) is 3.24. The van der Waals surface area contributed by atoms with E-state index in [1.54, 1.807) is 13.0 Å². The van der Waals surface area contributed by atoms with Crippen molar-refractivity contribution in [3.63, 3.8) is 0 Å². The molecule has 128 valence electrons. The number of azo groups is 1. The molecule has 4 rings (SSSR count). The van der Waals surface area contributed by atoms with Crippen LogP contribution in [-0.2, 0) is 0 Å². The van der Waals surface area contributed by atoms with Gasteiger partial charge in [-0.25, -0.2) is 9.37 Å². The summed E-state index contributed by atoms with van der Waals surface area (Å²) in [6.45, 7) is 1.79. The Balaban J connectivity index is 1.74. The summed E-state index contributed by atoms with van der Waals surface area (Å²) in [5, 5.41) is 8.83. The van der Waals surface area contributed by atoms with Gasteiger partial charge in [0.25, 0.3) is 0 Å². The monoisotopic (exact) mass is 344 g/mol. The van der Waals surface area contributed by atoms with E-state index in [0.717, 1.165) is 11.1 Å². The van der Waals surface area contributed by atoms with Crippen LogP contribution in [0.1, 0.15) is 23.0 Å². The molecule has 4 aromatic rings. The number of benzene rings is 3. The maximum absolute atomic E-state index is 14.2. The van der Waals surface area contributed by atoms with Gasteiger partial charge in [0, 0.05) is 6.07 Å². The maximum atomic E-state index is 14.2. The smallest absolute Gasteiger partial charge is 0.153 e. The highest BCUT2D eigenvalue weighted by Gasteiger charge is 2.13. The molecule has 0 radical (unpaired) electrons. The lowest BCUT2D eigenvalue weighted by Crippen LogP contribution is -1.96. The lowest BCUT2D eigenvalue weighted by atomic mass is 10.00. The minimum Gasteiger partial charge on any atom is -0.342 e. The Morgan fingerprint density at radius 2 is 1.54 bits per heavy atom. The summed E-state index contributed by atoms with van der Waals surface area (Å²) >= 11 is 0. The Bertz CT molecular complexity index is 1020. The van der Waals surface area contributed by atoms with E-state index in [2.05, 4.69) is 20.2 Å². The lowest BCUT2D eigenvalue weighted by molar-refractivity contribution is 0.637. The molecule has 1 heterocycles. The van der Waals surface area contributed by atoms with E-state index < -0.39 is 5.82 Å². The fourth-order valence-corrected chi connectivity index (χ4v) is 2.96. The molecule has 0 saturated carbocycles. The number of hydrogen-bond donors (Lipinski definition) is 1. The van der Waals surface area contributed by atoms with E-state index in [1.165, 1.54) is 6.07 Å². The molecular weight excluding hydrogens is 327 g/mol. The third-order valence-corrected chi connectivity index (χ3v) is 4.16. The predicted molar refractivity (Wildman–Crippen MR) is 100 cm³/mol. The van der Waals surface area contributed by atoms with E-state index in [9.17, 15) is 4.39 Å². The molecule has 0 bridgehead atoms. The minimum atomic E-state index is -0.406. The lowest BCUT2D eigenvalue weighted by Gasteiger charge is -2.12. The van der Waals surface area contributed by atoms with Crippen molar-refractivity contribution in [2.45, 2.75) is 13.0 Å². The van der Waals surface area contributed by atoms with E-state index in [-0.39, 0.29) is 6.04 Å². The Labute approximate surface area is 150 Å². The van der Waals surface area contributed by atoms with Gasteiger partial charge in [0.15, 0.2) is 5.82 Å². The minimum absolute atomic E-state index is 0.250. The highest BCUT2D eigenvalue weighted by atomic mass is 19.1. The summed E-state index contributed by atoms with van der Waals surface area (Å²) in [5.41, 5.74) is 3.45. The topological polar surface area (TPSA) is 53.4 Å². The molecule has 0 spiro atoms. The molecule has 0 unspecified atom stereocenters. The van der Waals surface area contributed by atoms with Gasteiger partial charge in [-0.3, -0.25) is 0 Å². The van der Waals surface area contributed by atoms with Gasteiger partial charge in [-0.1, -0.05) is 60.7 Å². The van der Waals surface area contributed by atoms with Crippen LogP contribution in [0, 0.1) is 12.7 Å². The van der Waals surface area contributed by atoms with E-state index in [4.69, 9.17) is 0 Å². The fourth-order valence-electron chi connectivity index (χ4n) is 2.96. The summed E-state index contributed by atoms with van der Waals surface area (Å²) < 4.78 is 14.2. The van der Waals surface area contributed by atoms with Crippen molar-refractivity contribution in [3.05, 3.63) is 95.6 Å². The molecule has 1 N–H and O–H groups in total. The fraction of sp³-hybridized carbons (Fsp3) is 0.0952. The molecule has 0 saturated heterocycles. The second-order valence-corrected chi connectivity index (χ2v) is 6.09. The summed E-state index contributed by atoms with van der Waals surface area (Å²) in [6, 6.07) is 22.7. The highest BCUT2D eigenvalue weighted by Crippen LogP contribution is 2.29. The van der Waals surface area contributed by atoms with E-state index in [0.29, 0.717) is 22.5 Å².